The first-order valence-corrected chi connectivity index (χ1v) is 10.0. The number of benzene rings is 1. The van der Waals surface area contributed by atoms with Crippen LogP contribution >= 0.6 is 0 Å². The van der Waals surface area contributed by atoms with Gasteiger partial charge in [-0.1, -0.05) is 18.2 Å². The van der Waals surface area contributed by atoms with Gasteiger partial charge in [0.1, 0.15) is 0 Å². The third-order valence-corrected chi connectivity index (χ3v) is 6.79. The number of carbonyl (C=O) groups is 1. The van der Waals surface area contributed by atoms with Gasteiger partial charge in [0.05, 0.1) is 31.1 Å². The van der Waals surface area contributed by atoms with Crippen molar-refractivity contribution >= 4 is 15.9 Å². The Morgan fingerprint density at radius 2 is 2.00 bits per heavy atom. The predicted octanol–water partition coefficient (Wildman–Crippen LogP) is -0.117. The van der Waals surface area contributed by atoms with E-state index in [2.05, 4.69) is 11.9 Å². The molecular formula is C18H28N3O3S+. The van der Waals surface area contributed by atoms with E-state index in [1.807, 2.05) is 32.9 Å². The fourth-order valence-electron chi connectivity index (χ4n) is 3.08. The molecule has 1 aliphatic rings. The molecule has 2 N–H and O–H groups in total. The lowest BCUT2D eigenvalue weighted by molar-refractivity contribution is -0.917. The average Bonchev–Trinajstić information content (AvgIpc) is 2.61. The molecule has 1 aromatic carbocycles. The molecule has 138 valence electrons. The first-order chi connectivity index (χ1) is 11.8. The van der Waals surface area contributed by atoms with Crippen LogP contribution in [0.4, 0.5) is 0 Å². The number of carbonyl (C=O) groups excluding carboxylic acids is 1. The monoisotopic (exact) mass is 366 g/mol. The lowest BCUT2D eigenvalue weighted by Gasteiger charge is -2.34. The van der Waals surface area contributed by atoms with Crippen LogP contribution < -0.4 is 10.2 Å². The van der Waals surface area contributed by atoms with Crippen LogP contribution in [-0.4, -0.2) is 57.4 Å². The van der Waals surface area contributed by atoms with Gasteiger partial charge in [0, 0.05) is 6.54 Å². The summed E-state index contributed by atoms with van der Waals surface area (Å²) in [5.41, 5.74) is 1.69. The first kappa shape index (κ1) is 19.6. The van der Waals surface area contributed by atoms with Gasteiger partial charge in [-0.05, 0) is 38.0 Å². The molecule has 1 saturated heterocycles. The second-order valence-corrected chi connectivity index (χ2v) is 8.49. The summed E-state index contributed by atoms with van der Waals surface area (Å²) in [6.45, 7) is 11.7. The zero-order chi connectivity index (χ0) is 18.6. The standard InChI is InChI=1S/C18H27N3O3S/c1-5-8-19-18(22)16(4)20-9-11-21(12-10-20)25(23,24)17-13-14(2)6-7-15(17)3/h5-7,13,16H,1,8-12H2,2-4H3,(H,19,22)/p+1/t16-/m1/s1. The molecule has 0 radical (unpaired) electrons. The predicted molar refractivity (Wildman–Crippen MR) is 98.0 cm³/mol. The van der Waals surface area contributed by atoms with E-state index < -0.39 is 10.0 Å². The number of piperazine rings is 1. The maximum absolute atomic E-state index is 12.9. The fraction of sp³-hybridized carbons (Fsp3) is 0.500. The highest BCUT2D eigenvalue weighted by atomic mass is 32.2. The quantitative estimate of drug-likeness (QED) is 0.690. The van der Waals surface area contributed by atoms with Gasteiger partial charge in [-0.15, -0.1) is 6.58 Å². The summed E-state index contributed by atoms with van der Waals surface area (Å²) in [7, 11) is -3.49. The number of amides is 1. The fourth-order valence-corrected chi connectivity index (χ4v) is 4.83. The summed E-state index contributed by atoms with van der Waals surface area (Å²) in [4.78, 5) is 13.6. The van der Waals surface area contributed by atoms with Crippen LogP contribution in [0.1, 0.15) is 18.1 Å². The largest absolute Gasteiger partial charge is 0.347 e. The van der Waals surface area contributed by atoms with E-state index in [0.717, 1.165) is 16.0 Å². The molecular weight excluding hydrogens is 338 g/mol. The summed E-state index contributed by atoms with van der Waals surface area (Å²) in [6.07, 6.45) is 1.65. The van der Waals surface area contributed by atoms with Crippen molar-refractivity contribution in [3.05, 3.63) is 42.0 Å². The molecule has 1 fully saturated rings. The number of aryl methyl sites for hydroxylation is 2. The van der Waals surface area contributed by atoms with Gasteiger partial charge in [-0.25, -0.2) is 8.42 Å². The third kappa shape index (κ3) is 4.48. The maximum atomic E-state index is 12.9. The topological polar surface area (TPSA) is 70.9 Å². The number of hydrogen-bond donors (Lipinski definition) is 2. The Morgan fingerprint density at radius 1 is 1.36 bits per heavy atom. The molecule has 0 aliphatic carbocycles. The van der Waals surface area contributed by atoms with Crippen LogP contribution in [0.25, 0.3) is 0 Å². The highest BCUT2D eigenvalue weighted by molar-refractivity contribution is 7.89. The van der Waals surface area contributed by atoms with Crippen molar-refractivity contribution in [3.63, 3.8) is 0 Å². The van der Waals surface area contributed by atoms with Gasteiger partial charge in [0.2, 0.25) is 10.0 Å². The van der Waals surface area contributed by atoms with Gasteiger partial charge >= 0.3 is 0 Å². The molecule has 1 heterocycles. The van der Waals surface area contributed by atoms with Crippen LogP contribution in [0.15, 0.2) is 35.7 Å². The van der Waals surface area contributed by atoms with E-state index in [1.165, 1.54) is 4.31 Å². The van der Waals surface area contributed by atoms with E-state index in [9.17, 15) is 13.2 Å². The molecule has 1 atom stereocenters. The minimum Gasteiger partial charge on any atom is -0.347 e. The lowest BCUT2D eigenvalue weighted by atomic mass is 10.2. The Labute approximate surface area is 150 Å². The van der Waals surface area contributed by atoms with Gasteiger partial charge in [-0.2, -0.15) is 4.31 Å². The third-order valence-electron chi connectivity index (χ3n) is 4.75. The van der Waals surface area contributed by atoms with Crippen molar-refractivity contribution < 1.29 is 18.1 Å². The van der Waals surface area contributed by atoms with Crippen molar-refractivity contribution in [1.29, 1.82) is 0 Å². The van der Waals surface area contributed by atoms with Crippen LogP contribution in [0.5, 0.6) is 0 Å². The molecule has 2 rings (SSSR count). The molecule has 0 spiro atoms. The summed E-state index contributed by atoms with van der Waals surface area (Å²) in [5.74, 6) is -0.0271. The minimum absolute atomic E-state index is 0.0271. The Hall–Kier alpha value is -1.70. The Bertz CT molecular complexity index is 738. The van der Waals surface area contributed by atoms with E-state index in [1.54, 1.807) is 12.1 Å². The van der Waals surface area contributed by atoms with E-state index in [-0.39, 0.29) is 11.9 Å². The molecule has 6 nitrogen and oxygen atoms in total. The number of hydrogen-bond acceptors (Lipinski definition) is 3. The van der Waals surface area contributed by atoms with Crippen molar-refractivity contribution in [3.8, 4) is 0 Å². The molecule has 25 heavy (non-hydrogen) atoms. The Morgan fingerprint density at radius 3 is 2.60 bits per heavy atom. The summed E-state index contributed by atoms with van der Waals surface area (Å²) in [5, 5.41) is 2.80. The number of quaternary nitrogens is 1. The SMILES string of the molecule is C=CCNC(=O)[C@@H](C)[NH+]1CCN(S(=O)(=O)c2cc(C)ccc2C)CC1. The second kappa shape index (κ2) is 8.12. The van der Waals surface area contributed by atoms with Crippen molar-refractivity contribution in [1.82, 2.24) is 9.62 Å². The van der Waals surface area contributed by atoms with Gasteiger partial charge in [0.25, 0.3) is 5.91 Å². The number of rotatable bonds is 6. The van der Waals surface area contributed by atoms with Gasteiger partial charge in [-0.3, -0.25) is 4.79 Å². The maximum Gasteiger partial charge on any atom is 0.278 e. The zero-order valence-electron chi connectivity index (χ0n) is 15.2. The van der Waals surface area contributed by atoms with Crippen molar-refractivity contribution in [2.75, 3.05) is 32.7 Å². The summed E-state index contributed by atoms with van der Waals surface area (Å²) in [6, 6.07) is 5.29. The zero-order valence-corrected chi connectivity index (χ0v) is 16.0. The smallest absolute Gasteiger partial charge is 0.278 e. The van der Waals surface area contributed by atoms with E-state index in [0.29, 0.717) is 37.6 Å². The molecule has 0 bridgehead atoms. The van der Waals surface area contributed by atoms with E-state index >= 15 is 0 Å². The molecule has 0 unspecified atom stereocenters. The second-order valence-electron chi connectivity index (χ2n) is 6.59. The molecule has 1 aliphatic heterocycles. The Kier molecular flexibility index (Phi) is 6.37. The Balaban J connectivity index is 2.05. The molecule has 7 heteroatoms. The lowest BCUT2D eigenvalue weighted by Crippen LogP contribution is -3.19. The molecule has 0 aromatic heterocycles. The van der Waals surface area contributed by atoms with Crippen LogP contribution in [0, 0.1) is 13.8 Å². The highest BCUT2D eigenvalue weighted by Crippen LogP contribution is 2.21. The summed E-state index contributed by atoms with van der Waals surface area (Å²) >= 11 is 0. The minimum atomic E-state index is -3.49. The first-order valence-electron chi connectivity index (χ1n) is 8.58. The average molecular weight is 367 g/mol. The van der Waals surface area contributed by atoms with Crippen molar-refractivity contribution in [2.24, 2.45) is 0 Å². The molecule has 1 amide bonds. The van der Waals surface area contributed by atoms with Gasteiger partial charge < -0.3 is 10.2 Å². The van der Waals surface area contributed by atoms with E-state index in [4.69, 9.17) is 0 Å². The van der Waals surface area contributed by atoms with Crippen LogP contribution in [0.2, 0.25) is 0 Å². The number of sulfonamides is 1. The van der Waals surface area contributed by atoms with Gasteiger partial charge in [0.15, 0.2) is 6.04 Å². The van der Waals surface area contributed by atoms with Crippen molar-refractivity contribution in [2.45, 2.75) is 31.7 Å². The number of nitrogens with one attached hydrogen (secondary N) is 2. The highest BCUT2D eigenvalue weighted by Gasteiger charge is 2.34. The molecule has 1 aromatic rings. The summed E-state index contributed by atoms with van der Waals surface area (Å²) < 4.78 is 27.4. The number of nitrogens with zero attached hydrogens (tertiary/aromatic N) is 1. The normalized spacial score (nSPS) is 17.9. The molecule has 0 saturated carbocycles. The van der Waals surface area contributed by atoms with Crippen LogP contribution in [-0.2, 0) is 14.8 Å². The van der Waals surface area contributed by atoms with Crippen LogP contribution in [0.3, 0.4) is 0 Å².